The highest BCUT2D eigenvalue weighted by Gasteiger charge is 2.33. The number of hydrogen-bond donors (Lipinski definition) is 0. The van der Waals surface area contributed by atoms with Crippen LogP contribution in [0, 0.1) is 0 Å². The van der Waals surface area contributed by atoms with Crippen LogP contribution in [0.25, 0.3) is 0 Å². The summed E-state index contributed by atoms with van der Waals surface area (Å²) in [6.07, 6.45) is 12.9. The maximum Gasteiger partial charge on any atom is 0.107 e. The van der Waals surface area contributed by atoms with Crippen molar-refractivity contribution in [1.82, 2.24) is 0 Å². The van der Waals surface area contributed by atoms with Crippen molar-refractivity contribution in [2.75, 3.05) is 0 Å². The van der Waals surface area contributed by atoms with Gasteiger partial charge in [0, 0.05) is 0 Å². The predicted molar refractivity (Wildman–Crippen MR) is 36.1 cm³/mol. The smallest absolute Gasteiger partial charge is 0.107 e. The van der Waals surface area contributed by atoms with Crippen LogP contribution in [0.1, 0.15) is 0 Å². The first-order valence-corrected chi connectivity index (χ1v) is 3.14. The van der Waals surface area contributed by atoms with Crippen LogP contribution >= 0.6 is 0 Å². The molecule has 0 radical (unpaired) electrons. The molecule has 46 valence electrons. The van der Waals surface area contributed by atoms with Gasteiger partial charge in [0.2, 0.25) is 0 Å². The fourth-order valence-corrected chi connectivity index (χ4v) is 0.921. The number of rotatable bonds is 0. The van der Waals surface area contributed by atoms with Crippen LogP contribution in [0.2, 0.25) is 0 Å². The summed E-state index contributed by atoms with van der Waals surface area (Å²) >= 11 is 0. The third-order valence-corrected chi connectivity index (χ3v) is 1.50. The summed E-state index contributed by atoms with van der Waals surface area (Å²) in [5, 5.41) is 0. The number of allylic oxidation sites excluding steroid dienone is 4. The molecule has 1 aliphatic carbocycles. The molecule has 1 saturated heterocycles. The third kappa shape index (κ3) is 0.958. The Morgan fingerprint density at radius 1 is 0.778 bits per heavy atom. The van der Waals surface area contributed by atoms with E-state index in [-0.39, 0.29) is 0 Å². The Bertz CT molecular complexity index is 169. The Morgan fingerprint density at radius 3 is 1.89 bits per heavy atom. The minimum Gasteiger partial charge on any atom is -0.361 e. The summed E-state index contributed by atoms with van der Waals surface area (Å²) in [5.41, 5.74) is 0. The van der Waals surface area contributed by atoms with Gasteiger partial charge in [0.15, 0.2) is 0 Å². The highest BCUT2D eigenvalue weighted by Crippen LogP contribution is 2.25. The summed E-state index contributed by atoms with van der Waals surface area (Å²) in [6.45, 7) is 0. The topological polar surface area (TPSA) is 12.5 Å². The first-order chi connectivity index (χ1) is 4.47. The van der Waals surface area contributed by atoms with Crippen LogP contribution in [0.15, 0.2) is 36.5 Å². The number of fused-ring (bicyclic) bond motifs is 1. The molecule has 0 aromatic rings. The van der Waals surface area contributed by atoms with Crippen molar-refractivity contribution in [3.05, 3.63) is 36.5 Å². The van der Waals surface area contributed by atoms with Gasteiger partial charge in [-0.2, -0.15) is 0 Å². The molecule has 1 heteroatoms. The van der Waals surface area contributed by atoms with Gasteiger partial charge in [-0.1, -0.05) is 36.5 Å². The van der Waals surface area contributed by atoms with Crippen LogP contribution in [0.5, 0.6) is 0 Å². The average Bonchev–Trinajstić information content (AvgIpc) is 2.46. The van der Waals surface area contributed by atoms with Crippen molar-refractivity contribution in [1.29, 1.82) is 0 Å². The fourth-order valence-electron chi connectivity index (χ4n) is 0.921. The van der Waals surface area contributed by atoms with Gasteiger partial charge in [0.25, 0.3) is 0 Å². The molecule has 2 rings (SSSR count). The highest BCUT2D eigenvalue weighted by molar-refractivity contribution is 5.22. The fraction of sp³-hybridized carbons (Fsp3) is 0.250. The zero-order valence-corrected chi connectivity index (χ0v) is 5.03. The molecule has 1 heterocycles. The largest absolute Gasteiger partial charge is 0.361 e. The molecule has 1 nitrogen and oxygen atoms in total. The second kappa shape index (κ2) is 1.85. The van der Waals surface area contributed by atoms with Gasteiger partial charge in [-0.3, -0.25) is 0 Å². The lowest BCUT2D eigenvalue weighted by Crippen LogP contribution is -1.84. The summed E-state index contributed by atoms with van der Waals surface area (Å²) in [4.78, 5) is 0. The minimum absolute atomic E-state index is 0.367. The lowest BCUT2D eigenvalue weighted by atomic mass is 10.2. The second-order valence-corrected chi connectivity index (χ2v) is 2.22. The highest BCUT2D eigenvalue weighted by atomic mass is 16.6. The molecule has 0 unspecified atom stereocenters. The Morgan fingerprint density at radius 2 is 1.33 bits per heavy atom. The molecule has 0 aromatic carbocycles. The Hall–Kier alpha value is -0.820. The van der Waals surface area contributed by atoms with E-state index in [1.807, 2.05) is 24.3 Å². The van der Waals surface area contributed by atoms with Gasteiger partial charge in [0.1, 0.15) is 12.2 Å². The van der Waals surface area contributed by atoms with Gasteiger partial charge in [-0.15, -0.1) is 0 Å². The van der Waals surface area contributed by atoms with Crippen LogP contribution in [0.3, 0.4) is 0 Å². The van der Waals surface area contributed by atoms with Crippen molar-refractivity contribution in [3.63, 3.8) is 0 Å². The zero-order valence-electron chi connectivity index (χ0n) is 5.03. The van der Waals surface area contributed by atoms with E-state index in [0.717, 1.165) is 0 Å². The van der Waals surface area contributed by atoms with Crippen LogP contribution < -0.4 is 0 Å². The molecule has 9 heavy (non-hydrogen) atoms. The Balaban J connectivity index is 2.19. The van der Waals surface area contributed by atoms with E-state index in [1.165, 1.54) is 0 Å². The molecular weight excluding hydrogens is 112 g/mol. The summed E-state index contributed by atoms with van der Waals surface area (Å²) in [7, 11) is 0. The van der Waals surface area contributed by atoms with Crippen molar-refractivity contribution < 1.29 is 4.74 Å². The Labute approximate surface area is 54.3 Å². The maximum atomic E-state index is 5.22. The first kappa shape index (κ1) is 5.00. The molecule has 2 atom stereocenters. The van der Waals surface area contributed by atoms with E-state index in [0.29, 0.717) is 12.2 Å². The molecular formula is C8H8O. The van der Waals surface area contributed by atoms with Crippen LogP contribution in [-0.2, 0) is 4.74 Å². The van der Waals surface area contributed by atoms with Crippen molar-refractivity contribution in [2.24, 2.45) is 0 Å². The number of epoxide rings is 1. The lowest BCUT2D eigenvalue weighted by molar-refractivity contribution is 0.413. The Kier molecular flexibility index (Phi) is 1.03. The molecule has 1 fully saturated rings. The normalized spacial score (nSPS) is 44.4. The molecule has 1 aliphatic heterocycles. The predicted octanol–water partition coefficient (Wildman–Crippen LogP) is 1.44. The molecule has 0 spiro atoms. The first-order valence-electron chi connectivity index (χ1n) is 3.14. The van der Waals surface area contributed by atoms with Crippen molar-refractivity contribution in [3.8, 4) is 0 Å². The SMILES string of the molecule is C1=C[C@H]2O[C@H]2/C=C\C=C/1. The summed E-state index contributed by atoms with van der Waals surface area (Å²) < 4.78 is 5.22. The van der Waals surface area contributed by atoms with Crippen molar-refractivity contribution in [2.45, 2.75) is 12.2 Å². The van der Waals surface area contributed by atoms with E-state index in [9.17, 15) is 0 Å². The molecule has 2 aliphatic rings. The maximum absolute atomic E-state index is 5.22. The summed E-state index contributed by atoms with van der Waals surface area (Å²) in [6, 6.07) is 0. The van der Waals surface area contributed by atoms with E-state index >= 15 is 0 Å². The van der Waals surface area contributed by atoms with Gasteiger partial charge in [0.05, 0.1) is 0 Å². The monoisotopic (exact) mass is 120 g/mol. The molecule has 0 amide bonds. The second-order valence-electron chi connectivity index (χ2n) is 2.22. The van der Waals surface area contributed by atoms with E-state index < -0.39 is 0 Å². The lowest BCUT2D eigenvalue weighted by Gasteiger charge is -1.80. The van der Waals surface area contributed by atoms with Crippen LogP contribution in [-0.4, -0.2) is 12.2 Å². The third-order valence-electron chi connectivity index (χ3n) is 1.50. The standard InChI is InChI=1S/C8H8O/c1-2-4-6-8-7(9-8)5-3-1/h1-8H/b2-1-,5-3-,6-4?/t7-,8+/m0/s1. The van der Waals surface area contributed by atoms with Gasteiger partial charge < -0.3 is 4.74 Å². The van der Waals surface area contributed by atoms with E-state index in [4.69, 9.17) is 4.74 Å². The summed E-state index contributed by atoms with van der Waals surface area (Å²) in [5.74, 6) is 0. The molecule has 0 N–H and O–H groups in total. The van der Waals surface area contributed by atoms with E-state index in [2.05, 4.69) is 12.2 Å². The minimum atomic E-state index is 0.367. The zero-order chi connectivity index (χ0) is 6.10. The van der Waals surface area contributed by atoms with Crippen LogP contribution in [0.4, 0.5) is 0 Å². The van der Waals surface area contributed by atoms with Gasteiger partial charge in [-0.05, 0) is 0 Å². The van der Waals surface area contributed by atoms with Crippen molar-refractivity contribution >= 4 is 0 Å². The van der Waals surface area contributed by atoms with Gasteiger partial charge >= 0.3 is 0 Å². The molecule has 0 saturated carbocycles. The van der Waals surface area contributed by atoms with Gasteiger partial charge in [-0.25, -0.2) is 0 Å². The average molecular weight is 120 g/mol. The molecule has 0 aromatic heterocycles. The van der Waals surface area contributed by atoms with E-state index in [1.54, 1.807) is 0 Å². The number of hydrogen-bond acceptors (Lipinski definition) is 1. The quantitative estimate of drug-likeness (QED) is 0.440. The number of ether oxygens (including phenoxy) is 1. The molecule has 0 bridgehead atoms.